The van der Waals surface area contributed by atoms with Crippen molar-refractivity contribution in [2.75, 3.05) is 25.5 Å². The Morgan fingerprint density at radius 2 is 2.20 bits per heavy atom. The number of pyridine rings is 1. The number of aromatic nitrogens is 1. The summed E-state index contributed by atoms with van der Waals surface area (Å²) in [5.74, 6) is -1.11. The van der Waals surface area contributed by atoms with Gasteiger partial charge in [0, 0.05) is 30.6 Å². The smallest absolute Gasteiger partial charge is 0.307 e. The number of benzene rings is 1. The number of nitrogens with zero attached hydrogens (tertiary/aromatic N) is 1. The molecule has 3 N–H and O–H groups in total. The molecule has 1 unspecified atom stereocenters. The Hall–Kier alpha value is -2.34. The Labute approximate surface area is 146 Å². The van der Waals surface area contributed by atoms with E-state index >= 15 is 0 Å². The largest absolute Gasteiger partial charge is 0.481 e. The number of anilines is 1. The highest BCUT2D eigenvalue weighted by molar-refractivity contribution is 5.93. The van der Waals surface area contributed by atoms with E-state index in [-0.39, 0.29) is 11.5 Å². The van der Waals surface area contributed by atoms with Crippen LogP contribution in [0.15, 0.2) is 23.0 Å². The molecule has 0 radical (unpaired) electrons. The summed E-state index contributed by atoms with van der Waals surface area (Å²) in [6.07, 6.45) is 2.40. The summed E-state index contributed by atoms with van der Waals surface area (Å²) in [5, 5.41) is 13.6. The topological polar surface area (TPSA) is 85.4 Å². The van der Waals surface area contributed by atoms with Crippen molar-refractivity contribution in [2.45, 2.75) is 32.7 Å². The lowest BCUT2D eigenvalue weighted by Crippen LogP contribution is -2.29. The van der Waals surface area contributed by atoms with Crippen molar-refractivity contribution in [1.29, 1.82) is 0 Å². The van der Waals surface area contributed by atoms with Crippen molar-refractivity contribution in [2.24, 2.45) is 5.92 Å². The van der Waals surface area contributed by atoms with Crippen molar-refractivity contribution in [1.82, 2.24) is 9.88 Å². The molecular weight excluding hydrogens is 318 g/mol. The lowest BCUT2D eigenvalue weighted by molar-refractivity contribution is -0.142. The molecule has 1 aliphatic heterocycles. The molecule has 0 fully saturated rings. The number of carboxylic acids is 1. The predicted molar refractivity (Wildman–Crippen MR) is 99.1 cm³/mol. The molecule has 0 saturated heterocycles. The number of aromatic amines is 1. The van der Waals surface area contributed by atoms with E-state index in [0.717, 1.165) is 47.1 Å². The highest BCUT2D eigenvalue weighted by Crippen LogP contribution is 2.28. The molecule has 25 heavy (non-hydrogen) atoms. The molecule has 0 aliphatic carbocycles. The minimum atomic E-state index is -0.755. The number of carboxylic acid groups (broad SMARTS) is 1. The highest BCUT2D eigenvalue weighted by Gasteiger charge is 2.18. The van der Waals surface area contributed by atoms with Gasteiger partial charge in [0.25, 0.3) is 5.56 Å². The summed E-state index contributed by atoms with van der Waals surface area (Å²) < 4.78 is 0. The molecule has 0 spiro atoms. The van der Waals surface area contributed by atoms with E-state index in [2.05, 4.69) is 16.4 Å². The van der Waals surface area contributed by atoms with Crippen molar-refractivity contribution in [3.05, 3.63) is 39.7 Å². The van der Waals surface area contributed by atoms with Gasteiger partial charge in [0.05, 0.1) is 17.1 Å². The van der Waals surface area contributed by atoms with Crippen LogP contribution in [0.5, 0.6) is 0 Å². The van der Waals surface area contributed by atoms with Crippen molar-refractivity contribution in [3.8, 4) is 0 Å². The molecule has 1 atom stereocenters. The SMILES string of the molecule is CCC(CN(C)Cc1ccc2c3c(c(=O)[nH]c2c1)CCCN3)C(=O)O. The summed E-state index contributed by atoms with van der Waals surface area (Å²) in [6.45, 7) is 3.94. The minimum Gasteiger partial charge on any atom is -0.481 e. The van der Waals surface area contributed by atoms with Crippen LogP contribution in [-0.4, -0.2) is 41.1 Å². The number of hydrogen-bond donors (Lipinski definition) is 3. The molecule has 1 aromatic heterocycles. The Morgan fingerprint density at radius 3 is 2.92 bits per heavy atom. The van der Waals surface area contributed by atoms with Crippen LogP contribution in [0.2, 0.25) is 0 Å². The number of carbonyl (C=O) groups is 1. The van der Waals surface area contributed by atoms with Crippen LogP contribution in [-0.2, 0) is 17.8 Å². The molecule has 2 heterocycles. The molecule has 2 aromatic rings. The van der Waals surface area contributed by atoms with Crippen LogP contribution in [0.4, 0.5) is 5.69 Å². The fourth-order valence-electron chi connectivity index (χ4n) is 3.54. The Bertz CT molecular complexity index is 844. The summed E-state index contributed by atoms with van der Waals surface area (Å²) in [4.78, 5) is 28.5. The van der Waals surface area contributed by atoms with E-state index < -0.39 is 5.97 Å². The third-order valence-corrected chi connectivity index (χ3v) is 4.91. The fraction of sp³-hybridized carbons (Fsp3) is 0.474. The highest BCUT2D eigenvalue weighted by atomic mass is 16.4. The van der Waals surface area contributed by atoms with Gasteiger partial charge in [0.2, 0.25) is 0 Å². The van der Waals surface area contributed by atoms with Crippen molar-refractivity contribution in [3.63, 3.8) is 0 Å². The van der Waals surface area contributed by atoms with Gasteiger partial charge in [-0.25, -0.2) is 0 Å². The zero-order valence-electron chi connectivity index (χ0n) is 14.8. The van der Waals surface area contributed by atoms with Crippen LogP contribution in [0.1, 0.15) is 30.9 Å². The summed E-state index contributed by atoms with van der Waals surface area (Å²) >= 11 is 0. The number of nitrogens with one attached hydrogen (secondary N) is 2. The molecule has 6 heteroatoms. The van der Waals surface area contributed by atoms with E-state index in [1.54, 1.807) is 0 Å². The quantitative estimate of drug-likeness (QED) is 0.750. The van der Waals surface area contributed by atoms with E-state index in [1.807, 2.05) is 31.0 Å². The molecule has 134 valence electrons. The van der Waals surface area contributed by atoms with Crippen LogP contribution < -0.4 is 10.9 Å². The molecular formula is C19H25N3O3. The van der Waals surface area contributed by atoms with Gasteiger partial charge in [-0.05, 0) is 37.9 Å². The first-order chi connectivity index (χ1) is 12.0. The molecule has 6 nitrogen and oxygen atoms in total. The van der Waals surface area contributed by atoms with Gasteiger partial charge in [-0.15, -0.1) is 0 Å². The van der Waals surface area contributed by atoms with E-state index in [9.17, 15) is 14.7 Å². The first-order valence-electron chi connectivity index (χ1n) is 8.82. The molecule has 1 aromatic carbocycles. The van der Waals surface area contributed by atoms with Crippen molar-refractivity contribution >= 4 is 22.6 Å². The lowest BCUT2D eigenvalue weighted by atomic mass is 10.0. The number of fused-ring (bicyclic) bond motifs is 3. The van der Waals surface area contributed by atoms with Gasteiger partial charge >= 0.3 is 5.97 Å². The second kappa shape index (κ2) is 7.27. The average Bonchev–Trinajstić information content (AvgIpc) is 2.59. The monoisotopic (exact) mass is 343 g/mol. The predicted octanol–water partition coefficient (Wildman–Crippen LogP) is 2.43. The van der Waals surface area contributed by atoms with Crippen LogP contribution in [0.3, 0.4) is 0 Å². The number of aliphatic carboxylic acids is 1. The molecule has 3 rings (SSSR count). The van der Waals surface area contributed by atoms with Crippen LogP contribution in [0.25, 0.3) is 10.9 Å². The fourth-order valence-corrected chi connectivity index (χ4v) is 3.54. The van der Waals surface area contributed by atoms with Gasteiger partial charge < -0.3 is 20.3 Å². The summed E-state index contributed by atoms with van der Waals surface area (Å²) in [7, 11) is 1.92. The summed E-state index contributed by atoms with van der Waals surface area (Å²) in [5.41, 5.74) is 3.67. The maximum Gasteiger partial charge on any atom is 0.307 e. The number of hydrogen-bond acceptors (Lipinski definition) is 4. The van der Waals surface area contributed by atoms with Gasteiger partial charge in [0.1, 0.15) is 0 Å². The molecule has 1 aliphatic rings. The van der Waals surface area contributed by atoms with Crippen LogP contribution >= 0.6 is 0 Å². The van der Waals surface area contributed by atoms with E-state index in [0.29, 0.717) is 19.5 Å². The number of H-pyrrole nitrogens is 1. The van der Waals surface area contributed by atoms with E-state index in [4.69, 9.17) is 0 Å². The second-order valence-corrected chi connectivity index (χ2v) is 6.86. The van der Waals surface area contributed by atoms with Gasteiger partial charge in [0.15, 0.2) is 0 Å². The molecule has 0 saturated carbocycles. The van der Waals surface area contributed by atoms with Gasteiger partial charge in [-0.3, -0.25) is 9.59 Å². The molecule has 0 amide bonds. The average molecular weight is 343 g/mol. The van der Waals surface area contributed by atoms with Crippen molar-refractivity contribution < 1.29 is 9.90 Å². The maximum atomic E-state index is 12.3. The third-order valence-electron chi connectivity index (χ3n) is 4.91. The first kappa shape index (κ1) is 17.5. The van der Waals surface area contributed by atoms with E-state index in [1.165, 1.54) is 0 Å². The third kappa shape index (κ3) is 3.69. The summed E-state index contributed by atoms with van der Waals surface area (Å²) in [6, 6.07) is 6.08. The van der Waals surface area contributed by atoms with Gasteiger partial charge in [-0.2, -0.15) is 0 Å². The van der Waals surface area contributed by atoms with Crippen LogP contribution in [0, 0.1) is 5.92 Å². The maximum absolute atomic E-state index is 12.3. The van der Waals surface area contributed by atoms with Gasteiger partial charge in [-0.1, -0.05) is 19.1 Å². The Balaban J connectivity index is 1.84. The zero-order chi connectivity index (χ0) is 18.0. The minimum absolute atomic E-state index is 0.0165. The standard InChI is InChI=1S/C19H25N3O3/c1-3-13(19(24)25)11-22(2)10-12-6-7-14-16(9-12)21-18(23)15-5-4-8-20-17(14)15/h6-7,9,13,20H,3-5,8,10-11H2,1-2H3,(H,21,23)(H,24,25). The Morgan fingerprint density at radius 1 is 1.40 bits per heavy atom. The first-order valence-corrected chi connectivity index (χ1v) is 8.82. The number of rotatable bonds is 6. The Kier molecular flexibility index (Phi) is 5.08. The molecule has 0 bridgehead atoms. The lowest BCUT2D eigenvalue weighted by Gasteiger charge is -2.22. The normalized spacial score (nSPS) is 15.0. The second-order valence-electron chi connectivity index (χ2n) is 6.86. The zero-order valence-corrected chi connectivity index (χ0v) is 14.8.